The summed E-state index contributed by atoms with van der Waals surface area (Å²) < 4.78 is 104. The maximum absolute atomic E-state index is 13.4. The molecule has 0 heterocycles. The van der Waals surface area contributed by atoms with Gasteiger partial charge in [0.05, 0.1) is 13.2 Å². The van der Waals surface area contributed by atoms with Crippen LogP contribution >= 0.6 is 0 Å². The van der Waals surface area contributed by atoms with E-state index in [1.54, 1.807) is 19.1 Å². The highest BCUT2D eigenvalue weighted by molar-refractivity contribution is 5.74. The third-order valence-electron chi connectivity index (χ3n) is 5.08. The van der Waals surface area contributed by atoms with Crippen LogP contribution in [0.1, 0.15) is 32.3 Å². The molecule has 0 radical (unpaired) electrons. The van der Waals surface area contributed by atoms with E-state index >= 15 is 0 Å². The molecule has 0 saturated carbocycles. The standard InChI is InChI=1S/C23H31F7N2O6/c1-3-5-10-31-20(35)32(12-14-38-23(29,30)21(24,25)22(26,27)28)11-13-37-17-8-6-16(7-9-17)15-18(19(33)34)36-4-2/h6-9,18H,3-5,10-15H2,1-2H3,(H,31,35)(H,33,34). The number of halogens is 7. The molecule has 0 aliphatic heterocycles. The SMILES string of the molecule is CCCCNC(=O)N(CCOc1ccc(CC(OCC)C(=O)O)cc1)CCOC(F)(F)C(F)(F)C(F)(F)F. The Kier molecular flexibility index (Phi) is 13.1. The summed E-state index contributed by atoms with van der Waals surface area (Å²) in [5, 5.41) is 11.6. The number of carboxylic acids is 1. The van der Waals surface area contributed by atoms with Gasteiger partial charge < -0.3 is 29.5 Å². The highest BCUT2D eigenvalue weighted by atomic mass is 19.4. The Hall–Kier alpha value is -2.81. The number of hydrogen-bond donors (Lipinski definition) is 2. The zero-order valence-corrected chi connectivity index (χ0v) is 20.8. The van der Waals surface area contributed by atoms with Crippen LogP contribution in [0.4, 0.5) is 35.5 Å². The fourth-order valence-electron chi connectivity index (χ4n) is 2.97. The second kappa shape index (κ2) is 15.0. The zero-order chi connectivity index (χ0) is 29.0. The van der Waals surface area contributed by atoms with Gasteiger partial charge in [-0.05, 0) is 31.0 Å². The van der Waals surface area contributed by atoms with Crippen molar-refractivity contribution >= 4 is 12.0 Å². The highest BCUT2D eigenvalue weighted by Gasteiger charge is 2.74. The molecule has 0 fully saturated rings. The van der Waals surface area contributed by atoms with Crippen molar-refractivity contribution in [1.29, 1.82) is 0 Å². The maximum atomic E-state index is 13.4. The lowest BCUT2D eigenvalue weighted by Crippen LogP contribution is -2.54. The fraction of sp³-hybridized carbons (Fsp3) is 0.652. The molecule has 1 atom stereocenters. The van der Waals surface area contributed by atoms with Gasteiger partial charge in [0.1, 0.15) is 12.4 Å². The van der Waals surface area contributed by atoms with Crippen LogP contribution in [0.25, 0.3) is 0 Å². The number of benzene rings is 1. The maximum Gasteiger partial charge on any atom is 0.462 e. The minimum Gasteiger partial charge on any atom is -0.492 e. The van der Waals surface area contributed by atoms with Gasteiger partial charge in [-0.25, -0.2) is 9.59 Å². The number of aliphatic carboxylic acids is 1. The summed E-state index contributed by atoms with van der Waals surface area (Å²) in [5.74, 6) is -7.22. The minimum absolute atomic E-state index is 0.104. The van der Waals surface area contributed by atoms with E-state index in [1.165, 1.54) is 12.1 Å². The van der Waals surface area contributed by atoms with Gasteiger partial charge in [0.15, 0.2) is 6.10 Å². The fourth-order valence-corrected chi connectivity index (χ4v) is 2.97. The molecular formula is C23H31F7N2O6. The topological polar surface area (TPSA) is 97.3 Å². The molecule has 218 valence electrons. The minimum atomic E-state index is -6.53. The molecule has 2 N–H and O–H groups in total. The van der Waals surface area contributed by atoms with Crippen LogP contribution in [0, 0.1) is 0 Å². The normalized spacial score (nSPS) is 13.2. The van der Waals surface area contributed by atoms with Gasteiger partial charge in [0.25, 0.3) is 0 Å². The number of unbranched alkanes of at least 4 members (excludes halogenated alkanes) is 1. The molecule has 0 spiro atoms. The summed E-state index contributed by atoms with van der Waals surface area (Å²) in [6, 6.07) is 5.46. The summed E-state index contributed by atoms with van der Waals surface area (Å²) in [7, 11) is 0. The number of hydrogen-bond acceptors (Lipinski definition) is 5. The van der Waals surface area contributed by atoms with E-state index in [-0.39, 0.29) is 32.7 Å². The average molecular weight is 564 g/mol. The van der Waals surface area contributed by atoms with Crippen molar-refractivity contribution in [3.8, 4) is 5.75 Å². The van der Waals surface area contributed by atoms with Gasteiger partial charge in [0, 0.05) is 26.1 Å². The molecule has 0 aliphatic carbocycles. The average Bonchev–Trinajstić information content (AvgIpc) is 2.83. The number of nitrogens with one attached hydrogen (secondary N) is 1. The van der Waals surface area contributed by atoms with E-state index in [0.29, 0.717) is 17.7 Å². The van der Waals surface area contributed by atoms with E-state index in [4.69, 9.17) is 14.6 Å². The van der Waals surface area contributed by atoms with Crippen LogP contribution in [-0.4, -0.2) is 85.8 Å². The number of carbonyl (C=O) groups excluding carboxylic acids is 1. The second-order valence-electron chi connectivity index (χ2n) is 7.99. The molecule has 1 aromatic carbocycles. The van der Waals surface area contributed by atoms with Crippen molar-refractivity contribution in [3.63, 3.8) is 0 Å². The Bertz CT molecular complexity index is 869. The first-order valence-corrected chi connectivity index (χ1v) is 11.7. The summed E-state index contributed by atoms with van der Waals surface area (Å²) >= 11 is 0. The van der Waals surface area contributed by atoms with Crippen molar-refractivity contribution in [2.45, 2.75) is 57.4 Å². The monoisotopic (exact) mass is 564 g/mol. The number of urea groups is 1. The quantitative estimate of drug-likeness (QED) is 0.210. The van der Waals surface area contributed by atoms with E-state index < -0.39 is 49.5 Å². The molecule has 0 bridgehead atoms. The Morgan fingerprint density at radius 3 is 2.13 bits per heavy atom. The molecule has 2 amide bonds. The largest absolute Gasteiger partial charge is 0.492 e. The first kappa shape index (κ1) is 33.2. The van der Waals surface area contributed by atoms with E-state index in [2.05, 4.69) is 10.1 Å². The van der Waals surface area contributed by atoms with Crippen molar-refractivity contribution in [2.75, 3.05) is 39.5 Å². The molecule has 15 heteroatoms. The number of rotatable bonds is 17. The summed E-state index contributed by atoms with van der Waals surface area (Å²) in [5.41, 5.74) is 0.642. The second-order valence-corrected chi connectivity index (χ2v) is 7.99. The van der Waals surface area contributed by atoms with Crippen LogP contribution < -0.4 is 10.1 Å². The lowest BCUT2D eigenvalue weighted by Gasteiger charge is -2.29. The Balaban J connectivity index is 2.73. The van der Waals surface area contributed by atoms with Gasteiger partial charge in [-0.3, -0.25) is 0 Å². The van der Waals surface area contributed by atoms with E-state index in [9.17, 15) is 40.3 Å². The summed E-state index contributed by atoms with van der Waals surface area (Å²) in [4.78, 5) is 24.4. The molecular weight excluding hydrogens is 533 g/mol. The first-order chi connectivity index (χ1) is 17.7. The molecule has 1 rings (SSSR count). The third-order valence-corrected chi connectivity index (χ3v) is 5.08. The van der Waals surface area contributed by atoms with Crippen molar-refractivity contribution < 1.29 is 59.6 Å². The summed E-state index contributed by atoms with van der Waals surface area (Å²) in [6.45, 7) is 1.48. The third kappa shape index (κ3) is 10.2. The van der Waals surface area contributed by atoms with Crippen LogP contribution in [0.5, 0.6) is 5.75 Å². The zero-order valence-electron chi connectivity index (χ0n) is 20.8. The molecule has 0 aliphatic rings. The van der Waals surface area contributed by atoms with Gasteiger partial charge in [0.2, 0.25) is 0 Å². The lowest BCUT2D eigenvalue weighted by molar-refractivity contribution is -0.423. The number of amides is 2. The highest BCUT2D eigenvalue weighted by Crippen LogP contribution is 2.46. The smallest absolute Gasteiger partial charge is 0.462 e. The molecule has 0 aromatic heterocycles. The number of carboxylic acid groups (broad SMARTS) is 1. The van der Waals surface area contributed by atoms with Gasteiger partial charge in [-0.1, -0.05) is 25.5 Å². The van der Waals surface area contributed by atoms with Crippen LogP contribution in [0.15, 0.2) is 24.3 Å². The van der Waals surface area contributed by atoms with Crippen molar-refractivity contribution in [1.82, 2.24) is 10.2 Å². The van der Waals surface area contributed by atoms with Crippen LogP contribution in [0.3, 0.4) is 0 Å². The van der Waals surface area contributed by atoms with E-state index in [1.807, 2.05) is 6.92 Å². The van der Waals surface area contributed by atoms with Gasteiger partial charge in [-0.15, -0.1) is 0 Å². The Labute approximate surface area is 215 Å². The number of alkyl halides is 7. The lowest BCUT2D eigenvalue weighted by atomic mass is 10.1. The molecule has 38 heavy (non-hydrogen) atoms. The molecule has 8 nitrogen and oxygen atoms in total. The Morgan fingerprint density at radius 2 is 1.61 bits per heavy atom. The number of ether oxygens (including phenoxy) is 3. The van der Waals surface area contributed by atoms with Crippen LogP contribution in [0.2, 0.25) is 0 Å². The van der Waals surface area contributed by atoms with Crippen molar-refractivity contribution in [2.24, 2.45) is 0 Å². The predicted molar refractivity (Wildman–Crippen MR) is 120 cm³/mol. The van der Waals surface area contributed by atoms with Crippen LogP contribution in [-0.2, 0) is 20.7 Å². The molecule has 0 saturated heterocycles. The van der Waals surface area contributed by atoms with Gasteiger partial charge in [-0.2, -0.15) is 30.7 Å². The van der Waals surface area contributed by atoms with Gasteiger partial charge >= 0.3 is 30.2 Å². The Morgan fingerprint density at radius 1 is 1.00 bits per heavy atom. The number of nitrogens with zero attached hydrogens (tertiary/aromatic N) is 1. The van der Waals surface area contributed by atoms with E-state index in [0.717, 1.165) is 11.3 Å². The predicted octanol–water partition coefficient (Wildman–Crippen LogP) is 4.72. The first-order valence-electron chi connectivity index (χ1n) is 11.7. The molecule has 1 aromatic rings. The molecule has 1 unspecified atom stereocenters. The summed E-state index contributed by atoms with van der Waals surface area (Å²) in [6.07, 6.45) is -12.0. The van der Waals surface area contributed by atoms with Crippen molar-refractivity contribution in [3.05, 3.63) is 29.8 Å². The number of carbonyl (C=O) groups is 2.